The van der Waals surface area contributed by atoms with Crippen molar-refractivity contribution in [3.05, 3.63) is 46.5 Å². The molecule has 15 heteroatoms. The van der Waals surface area contributed by atoms with Crippen molar-refractivity contribution in [3.63, 3.8) is 0 Å². The predicted octanol–water partition coefficient (Wildman–Crippen LogP) is 4.86. The highest BCUT2D eigenvalue weighted by molar-refractivity contribution is 7.80. The fourth-order valence-corrected chi connectivity index (χ4v) is 7.60. The Morgan fingerprint density at radius 1 is 1.23 bits per heavy atom. The lowest BCUT2D eigenvalue weighted by molar-refractivity contribution is -0.165. The van der Waals surface area contributed by atoms with Gasteiger partial charge >= 0.3 is 12.1 Å². The molecule has 3 amide bonds. The van der Waals surface area contributed by atoms with Crippen molar-refractivity contribution in [1.82, 2.24) is 10.2 Å². The highest BCUT2D eigenvalue weighted by Crippen LogP contribution is 2.50. The third-order valence-electron chi connectivity index (χ3n) is 10.7. The number of benzene rings is 1. The number of ether oxygens (including phenoxy) is 5. The van der Waals surface area contributed by atoms with Gasteiger partial charge in [-0.2, -0.15) is 12.6 Å². The largest absolute Gasteiger partial charge is 0.495 e. The molecule has 3 aliphatic rings. The van der Waals surface area contributed by atoms with Gasteiger partial charge in [0.25, 0.3) is 0 Å². The number of esters is 1. The molecule has 1 aromatic carbocycles. The molecule has 0 radical (unpaired) electrons. The van der Waals surface area contributed by atoms with Crippen LogP contribution in [-0.2, 0) is 39.8 Å². The van der Waals surface area contributed by atoms with Crippen LogP contribution in [0.25, 0.3) is 0 Å². The Kier molecular flexibility index (Phi) is 13.6. The van der Waals surface area contributed by atoms with Crippen LogP contribution < -0.4 is 15.0 Å². The quantitative estimate of drug-likeness (QED) is 0.189. The predicted molar refractivity (Wildman–Crippen MR) is 203 cm³/mol. The van der Waals surface area contributed by atoms with Gasteiger partial charge in [0.2, 0.25) is 11.8 Å². The number of rotatable bonds is 8. The van der Waals surface area contributed by atoms with Gasteiger partial charge in [-0.3, -0.25) is 14.9 Å². The van der Waals surface area contributed by atoms with Crippen LogP contribution in [0.15, 0.2) is 35.9 Å². The van der Waals surface area contributed by atoms with Gasteiger partial charge in [-0.15, -0.1) is 0 Å². The SMILES string of the molecule is COc1cc2cc(c1Cl)N(C)C(=O)C(C)[C@H](OC(=O)[C@H](C)N(C)C(=O)CCC(C)S)[C@]1(C)O[C@H]1[C@H](C)C1C[C@@](O)(NC(=O)O1)[C@H](OC)/C=C/C=C(\C)C2. The van der Waals surface area contributed by atoms with Crippen molar-refractivity contribution in [2.45, 2.75) is 114 Å². The molecule has 2 fully saturated rings. The normalized spacial score (nSPS) is 33.2. The smallest absolute Gasteiger partial charge is 0.409 e. The summed E-state index contributed by atoms with van der Waals surface area (Å²) in [6, 6.07) is 2.61. The van der Waals surface area contributed by atoms with Gasteiger partial charge in [-0.25, -0.2) is 9.59 Å². The fourth-order valence-electron chi connectivity index (χ4n) is 7.16. The molecular formula is C38H54ClN3O10S. The molecule has 2 saturated heterocycles. The monoisotopic (exact) mass is 779 g/mol. The van der Waals surface area contributed by atoms with E-state index < -0.39 is 71.6 Å². The first-order chi connectivity index (χ1) is 24.8. The number of likely N-dealkylation sites (N-methyl/N-ethyl adjacent to an activating group) is 1. The minimum absolute atomic E-state index is 0.00252. The Balaban J connectivity index is 1.79. The topological polar surface area (TPSA) is 156 Å². The van der Waals surface area contributed by atoms with Gasteiger partial charge in [0, 0.05) is 40.0 Å². The number of allylic oxidation sites excluding steroid dienone is 3. The number of hydrogen-bond acceptors (Lipinski definition) is 11. The molecule has 3 heterocycles. The Morgan fingerprint density at radius 3 is 2.53 bits per heavy atom. The Morgan fingerprint density at radius 2 is 1.91 bits per heavy atom. The maximum absolute atomic E-state index is 14.4. The molecule has 53 heavy (non-hydrogen) atoms. The van der Waals surface area contributed by atoms with E-state index in [-0.39, 0.29) is 29.0 Å². The molecule has 10 atom stereocenters. The summed E-state index contributed by atoms with van der Waals surface area (Å²) < 4.78 is 29.4. The number of carbonyl (C=O) groups excluding carboxylic acids is 4. The minimum Gasteiger partial charge on any atom is -0.495 e. The average molecular weight is 780 g/mol. The molecule has 0 spiro atoms. The molecule has 0 aromatic heterocycles. The maximum Gasteiger partial charge on any atom is 0.409 e. The number of epoxide rings is 1. The standard InChI is InChI=1S/C38H54ClN3O10S/c1-20-12-11-13-29(49-10)38(47)19-28(50-36(46)40-38)22(3)33-37(6,52-33)32(51-35(45)24(5)41(7)30(43)15-14-21(2)53)23(4)34(44)42(8)26-17-25(16-20)18-27(48-9)31(26)39/h11-13,17-18,21-24,28-29,32-33,47,53H,14-16,19H2,1-10H3,(H,40,46)/b13-11+,20-12+/t21?,22-,23?,24+,28?,29-,32+,33+,37+,38+/m1/s1. The third kappa shape index (κ3) is 9.33. The zero-order chi connectivity index (χ0) is 39.6. The van der Waals surface area contributed by atoms with Gasteiger partial charge < -0.3 is 38.6 Å². The number of halogens is 1. The summed E-state index contributed by atoms with van der Waals surface area (Å²) in [6.45, 7) is 10.5. The Bertz CT molecular complexity index is 1620. The van der Waals surface area contributed by atoms with Gasteiger partial charge in [-0.05, 0) is 63.5 Å². The number of nitrogens with one attached hydrogen (secondary N) is 1. The van der Waals surface area contributed by atoms with Crippen LogP contribution in [0.3, 0.4) is 0 Å². The number of carbonyl (C=O) groups is 4. The number of amides is 3. The molecule has 4 bridgehead atoms. The second-order valence-electron chi connectivity index (χ2n) is 14.8. The summed E-state index contributed by atoms with van der Waals surface area (Å²) >= 11 is 11.2. The van der Waals surface area contributed by atoms with Crippen LogP contribution in [-0.4, -0.2) is 109 Å². The van der Waals surface area contributed by atoms with Gasteiger partial charge in [0.1, 0.15) is 40.7 Å². The van der Waals surface area contributed by atoms with Crippen LogP contribution >= 0.6 is 24.2 Å². The molecular weight excluding hydrogens is 726 g/mol. The van der Waals surface area contributed by atoms with Crippen LogP contribution in [0.1, 0.15) is 66.4 Å². The second-order valence-corrected chi connectivity index (χ2v) is 16.0. The van der Waals surface area contributed by atoms with Gasteiger partial charge in [0.05, 0.1) is 24.8 Å². The number of methoxy groups -OCH3 is 2. The van der Waals surface area contributed by atoms with E-state index >= 15 is 0 Å². The van der Waals surface area contributed by atoms with E-state index in [0.29, 0.717) is 24.3 Å². The molecule has 1 aromatic rings. The van der Waals surface area contributed by atoms with E-state index in [9.17, 15) is 24.3 Å². The molecule has 294 valence electrons. The van der Waals surface area contributed by atoms with Gasteiger partial charge in [0.15, 0.2) is 5.72 Å². The van der Waals surface area contributed by atoms with E-state index in [1.54, 1.807) is 59.0 Å². The summed E-state index contributed by atoms with van der Waals surface area (Å²) in [5.74, 6) is -2.56. The number of alkyl carbamates (subject to hydrolysis) is 1. The van der Waals surface area contributed by atoms with E-state index in [4.69, 9.17) is 35.3 Å². The van der Waals surface area contributed by atoms with Crippen molar-refractivity contribution >= 4 is 53.8 Å². The first kappa shape index (κ1) is 42.4. The van der Waals surface area contributed by atoms with Crippen molar-refractivity contribution in [1.29, 1.82) is 0 Å². The number of fused-ring (bicyclic) bond motifs is 5. The first-order valence-corrected chi connectivity index (χ1v) is 18.7. The van der Waals surface area contributed by atoms with Crippen LogP contribution in [0.5, 0.6) is 5.75 Å². The Hall–Kier alpha value is -3.30. The van der Waals surface area contributed by atoms with Crippen molar-refractivity contribution < 1.29 is 48.0 Å². The summed E-state index contributed by atoms with van der Waals surface area (Å²) in [4.78, 5) is 56.8. The number of nitrogens with zero attached hydrogens (tertiary/aromatic N) is 2. The first-order valence-electron chi connectivity index (χ1n) is 17.8. The molecule has 3 unspecified atom stereocenters. The summed E-state index contributed by atoms with van der Waals surface area (Å²) in [6.07, 6.45) is 1.92. The zero-order valence-electron chi connectivity index (χ0n) is 32.2. The van der Waals surface area contributed by atoms with Crippen molar-refractivity contribution in [3.8, 4) is 5.75 Å². The number of aliphatic hydroxyl groups is 1. The second kappa shape index (κ2) is 17.0. The molecule has 0 saturated carbocycles. The van der Waals surface area contributed by atoms with Crippen molar-refractivity contribution in [2.24, 2.45) is 11.8 Å². The third-order valence-corrected chi connectivity index (χ3v) is 11.3. The van der Waals surface area contributed by atoms with Gasteiger partial charge in [-0.1, -0.05) is 49.2 Å². The van der Waals surface area contributed by atoms with E-state index in [1.165, 1.54) is 31.1 Å². The summed E-state index contributed by atoms with van der Waals surface area (Å²) in [5.41, 5.74) is -0.947. The van der Waals surface area contributed by atoms with Crippen LogP contribution in [0.4, 0.5) is 10.5 Å². The molecule has 2 N–H and O–H groups in total. The molecule has 0 aliphatic carbocycles. The lowest BCUT2D eigenvalue weighted by Crippen LogP contribution is -2.63. The molecule has 13 nitrogen and oxygen atoms in total. The van der Waals surface area contributed by atoms with Crippen molar-refractivity contribution in [2.75, 3.05) is 33.2 Å². The highest BCUT2D eigenvalue weighted by atomic mass is 35.5. The zero-order valence-corrected chi connectivity index (χ0v) is 33.8. The van der Waals surface area contributed by atoms with Crippen LogP contribution in [0.2, 0.25) is 5.02 Å². The highest BCUT2D eigenvalue weighted by Gasteiger charge is 2.66. The molecule has 3 aliphatic heterocycles. The maximum atomic E-state index is 14.4. The lowest BCUT2D eigenvalue weighted by atomic mass is 9.81. The number of anilines is 1. The van der Waals surface area contributed by atoms with E-state index in [2.05, 4.69) is 17.9 Å². The molecule has 4 rings (SSSR count). The summed E-state index contributed by atoms with van der Waals surface area (Å²) in [7, 11) is 6.04. The van der Waals surface area contributed by atoms with E-state index in [1.807, 2.05) is 19.9 Å². The van der Waals surface area contributed by atoms with Crippen LogP contribution in [0, 0.1) is 11.8 Å². The average Bonchev–Trinajstić information content (AvgIpc) is 3.80. The lowest BCUT2D eigenvalue weighted by Gasteiger charge is -2.42. The van der Waals surface area contributed by atoms with E-state index in [0.717, 1.165) is 11.1 Å². The number of thiol groups is 1. The Labute approximate surface area is 322 Å². The number of hydrogen-bond donors (Lipinski definition) is 3. The summed E-state index contributed by atoms with van der Waals surface area (Å²) in [5, 5.41) is 14.5. The fraction of sp³-hybridized carbons (Fsp3) is 0.632. The minimum atomic E-state index is -1.83.